The number of pyridine rings is 1. The van der Waals surface area contributed by atoms with Gasteiger partial charge in [0.25, 0.3) is 0 Å². The number of anilines is 1. The van der Waals surface area contributed by atoms with E-state index in [0.717, 1.165) is 0 Å². The van der Waals surface area contributed by atoms with E-state index >= 15 is 0 Å². The van der Waals surface area contributed by atoms with Gasteiger partial charge in [-0.2, -0.15) is 13.2 Å². The molecule has 90 valence electrons. The van der Waals surface area contributed by atoms with Crippen LogP contribution in [0.2, 0.25) is 0 Å². The van der Waals surface area contributed by atoms with Crippen LogP contribution in [0.15, 0.2) is 18.3 Å². The standard InChI is InChI=1S/C9H12F3N3O/c10-9(11,12)3-5-16-6-7-2-1-4-14-8(7)15-13/h1-2,4H,3,5-6,13H2,(H,14,15). The molecule has 3 N–H and O–H groups in total. The van der Waals surface area contributed by atoms with Gasteiger partial charge in [-0.25, -0.2) is 10.8 Å². The fourth-order valence-corrected chi connectivity index (χ4v) is 1.06. The molecule has 1 heterocycles. The fourth-order valence-electron chi connectivity index (χ4n) is 1.06. The normalized spacial score (nSPS) is 11.5. The highest BCUT2D eigenvalue weighted by Crippen LogP contribution is 2.19. The topological polar surface area (TPSA) is 60.2 Å². The summed E-state index contributed by atoms with van der Waals surface area (Å²) in [6, 6.07) is 3.33. The molecule has 0 aliphatic rings. The van der Waals surface area contributed by atoms with Crippen molar-refractivity contribution >= 4 is 5.82 Å². The Balaban J connectivity index is 2.37. The van der Waals surface area contributed by atoms with Gasteiger partial charge in [0.2, 0.25) is 0 Å². The molecular formula is C9H12F3N3O. The maximum absolute atomic E-state index is 11.8. The average Bonchev–Trinajstić information content (AvgIpc) is 2.23. The van der Waals surface area contributed by atoms with Gasteiger partial charge in [-0.15, -0.1) is 0 Å². The van der Waals surface area contributed by atoms with Crippen LogP contribution >= 0.6 is 0 Å². The van der Waals surface area contributed by atoms with Gasteiger partial charge in [-0.05, 0) is 6.07 Å². The van der Waals surface area contributed by atoms with Crippen LogP contribution in [0.25, 0.3) is 0 Å². The van der Waals surface area contributed by atoms with E-state index in [0.29, 0.717) is 11.4 Å². The Morgan fingerprint density at radius 3 is 2.81 bits per heavy atom. The summed E-state index contributed by atoms with van der Waals surface area (Å²) < 4.78 is 40.3. The van der Waals surface area contributed by atoms with Crippen LogP contribution < -0.4 is 11.3 Å². The molecule has 0 aliphatic carbocycles. The van der Waals surface area contributed by atoms with Gasteiger partial charge in [-0.3, -0.25) is 0 Å². The monoisotopic (exact) mass is 235 g/mol. The van der Waals surface area contributed by atoms with Crippen LogP contribution in [0, 0.1) is 0 Å². The Labute approximate surface area is 90.6 Å². The van der Waals surface area contributed by atoms with Crippen molar-refractivity contribution in [2.75, 3.05) is 12.0 Å². The molecule has 0 bridgehead atoms. The minimum absolute atomic E-state index is 0.0451. The maximum Gasteiger partial charge on any atom is 0.391 e. The minimum atomic E-state index is -4.19. The van der Waals surface area contributed by atoms with E-state index in [9.17, 15) is 13.2 Å². The molecular weight excluding hydrogens is 223 g/mol. The molecule has 16 heavy (non-hydrogen) atoms. The van der Waals surface area contributed by atoms with Crippen molar-refractivity contribution in [2.24, 2.45) is 5.84 Å². The maximum atomic E-state index is 11.8. The highest BCUT2D eigenvalue weighted by atomic mass is 19.4. The summed E-state index contributed by atoms with van der Waals surface area (Å²) in [6.45, 7) is -0.328. The van der Waals surface area contributed by atoms with Crippen molar-refractivity contribution < 1.29 is 17.9 Å². The largest absolute Gasteiger partial charge is 0.391 e. The second-order valence-corrected chi connectivity index (χ2v) is 3.07. The Hall–Kier alpha value is -1.34. The fraction of sp³-hybridized carbons (Fsp3) is 0.444. The molecule has 0 saturated carbocycles. The number of hydrogen-bond donors (Lipinski definition) is 2. The number of hydrazine groups is 1. The molecule has 0 amide bonds. The molecule has 7 heteroatoms. The van der Waals surface area contributed by atoms with Crippen molar-refractivity contribution in [3.05, 3.63) is 23.9 Å². The van der Waals surface area contributed by atoms with E-state index in [-0.39, 0.29) is 13.2 Å². The van der Waals surface area contributed by atoms with Gasteiger partial charge in [0, 0.05) is 11.8 Å². The second-order valence-electron chi connectivity index (χ2n) is 3.07. The third kappa shape index (κ3) is 4.45. The third-order valence-electron chi connectivity index (χ3n) is 1.82. The van der Waals surface area contributed by atoms with Gasteiger partial charge >= 0.3 is 6.18 Å². The van der Waals surface area contributed by atoms with E-state index in [2.05, 4.69) is 10.4 Å². The van der Waals surface area contributed by atoms with E-state index in [1.165, 1.54) is 6.20 Å². The number of hydrogen-bond acceptors (Lipinski definition) is 4. The summed E-state index contributed by atoms with van der Waals surface area (Å²) in [5, 5.41) is 0. The Kier molecular flexibility index (Phi) is 4.51. The molecule has 0 atom stereocenters. The zero-order chi connectivity index (χ0) is 12.0. The van der Waals surface area contributed by atoms with Gasteiger partial charge in [0.1, 0.15) is 5.82 Å². The molecule has 0 unspecified atom stereocenters. The van der Waals surface area contributed by atoms with Crippen molar-refractivity contribution in [1.29, 1.82) is 0 Å². The lowest BCUT2D eigenvalue weighted by Crippen LogP contribution is -2.13. The first-order valence-electron chi connectivity index (χ1n) is 4.58. The molecule has 0 radical (unpaired) electrons. The summed E-state index contributed by atoms with van der Waals surface area (Å²) in [6.07, 6.45) is -3.63. The lowest BCUT2D eigenvalue weighted by Gasteiger charge is -2.09. The smallest absolute Gasteiger partial charge is 0.376 e. The number of nitrogens with one attached hydrogen (secondary N) is 1. The molecule has 0 saturated heterocycles. The van der Waals surface area contributed by atoms with Crippen LogP contribution in [0.1, 0.15) is 12.0 Å². The zero-order valence-electron chi connectivity index (χ0n) is 8.42. The quantitative estimate of drug-likeness (QED) is 0.464. The molecule has 0 aliphatic heterocycles. The molecule has 0 aromatic carbocycles. The first-order chi connectivity index (χ1) is 7.53. The molecule has 0 spiro atoms. The van der Waals surface area contributed by atoms with Gasteiger partial charge < -0.3 is 10.2 Å². The Morgan fingerprint density at radius 2 is 2.19 bits per heavy atom. The van der Waals surface area contributed by atoms with Crippen LogP contribution in [-0.2, 0) is 11.3 Å². The number of aromatic nitrogens is 1. The van der Waals surface area contributed by atoms with Crippen molar-refractivity contribution in [3.63, 3.8) is 0 Å². The van der Waals surface area contributed by atoms with E-state index < -0.39 is 12.6 Å². The predicted octanol–water partition coefficient (Wildman–Crippen LogP) is 1.84. The highest BCUT2D eigenvalue weighted by molar-refractivity contribution is 5.41. The number of nitrogen functional groups attached to an aromatic ring is 1. The summed E-state index contributed by atoms with van der Waals surface area (Å²) >= 11 is 0. The van der Waals surface area contributed by atoms with Crippen molar-refractivity contribution in [2.45, 2.75) is 19.2 Å². The molecule has 1 aromatic rings. The van der Waals surface area contributed by atoms with Gasteiger partial charge in [0.05, 0.1) is 19.6 Å². The number of halogens is 3. The summed E-state index contributed by atoms with van der Waals surface area (Å²) in [4.78, 5) is 3.89. The Bertz CT molecular complexity index is 330. The zero-order valence-corrected chi connectivity index (χ0v) is 8.42. The Morgan fingerprint density at radius 1 is 1.44 bits per heavy atom. The van der Waals surface area contributed by atoms with Crippen LogP contribution in [0.4, 0.5) is 19.0 Å². The molecule has 0 fully saturated rings. The predicted molar refractivity (Wildman–Crippen MR) is 52.4 cm³/mol. The number of rotatable bonds is 5. The lowest BCUT2D eigenvalue weighted by atomic mass is 10.3. The average molecular weight is 235 g/mol. The van der Waals surface area contributed by atoms with Crippen LogP contribution in [-0.4, -0.2) is 17.8 Å². The van der Waals surface area contributed by atoms with Gasteiger partial charge in [-0.1, -0.05) is 6.07 Å². The third-order valence-corrected chi connectivity index (χ3v) is 1.82. The van der Waals surface area contributed by atoms with E-state index in [4.69, 9.17) is 10.6 Å². The first-order valence-corrected chi connectivity index (χ1v) is 4.58. The summed E-state index contributed by atoms with van der Waals surface area (Å²) in [5.41, 5.74) is 2.96. The van der Waals surface area contributed by atoms with E-state index in [1.54, 1.807) is 12.1 Å². The van der Waals surface area contributed by atoms with Crippen molar-refractivity contribution in [3.8, 4) is 0 Å². The van der Waals surface area contributed by atoms with Gasteiger partial charge in [0.15, 0.2) is 0 Å². The van der Waals surface area contributed by atoms with E-state index in [1.807, 2.05) is 0 Å². The summed E-state index contributed by atoms with van der Waals surface area (Å²) in [5.74, 6) is 5.57. The highest BCUT2D eigenvalue weighted by Gasteiger charge is 2.26. The second kappa shape index (κ2) is 5.66. The number of alkyl halides is 3. The summed E-state index contributed by atoms with van der Waals surface area (Å²) in [7, 11) is 0. The molecule has 1 aromatic heterocycles. The molecule has 1 rings (SSSR count). The first kappa shape index (κ1) is 12.7. The van der Waals surface area contributed by atoms with Crippen LogP contribution in [0.3, 0.4) is 0 Å². The minimum Gasteiger partial charge on any atom is -0.376 e. The van der Waals surface area contributed by atoms with Crippen molar-refractivity contribution in [1.82, 2.24) is 4.98 Å². The lowest BCUT2D eigenvalue weighted by molar-refractivity contribution is -0.146. The number of nitrogens with two attached hydrogens (primary N) is 1. The number of nitrogens with zero attached hydrogens (tertiary/aromatic N) is 1. The molecule has 4 nitrogen and oxygen atoms in total. The van der Waals surface area contributed by atoms with Crippen LogP contribution in [0.5, 0.6) is 0 Å². The number of ether oxygens (including phenoxy) is 1. The SMILES string of the molecule is NNc1ncccc1COCCC(F)(F)F.